The molecule has 2 saturated carbocycles. The summed E-state index contributed by atoms with van der Waals surface area (Å²) in [4.78, 5) is 53.8. The first-order valence-corrected chi connectivity index (χ1v) is 11.6. The lowest BCUT2D eigenvalue weighted by atomic mass is 9.85. The molecule has 4 aliphatic carbocycles. The van der Waals surface area contributed by atoms with Gasteiger partial charge in [0.05, 0.1) is 23.7 Å². The Balaban J connectivity index is 0.954. The van der Waals surface area contributed by atoms with E-state index < -0.39 is 0 Å². The van der Waals surface area contributed by atoms with E-state index in [4.69, 9.17) is 0 Å². The fraction of sp³-hybridized carbons (Fsp3) is 0.667. The van der Waals surface area contributed by atoms with E-state index in [9.17, 15) is 19.2 Å². The van der Waals surface area contributed by atoms with Gasteiger partial charge in [0.1, 0.15) is 0 Å². The number of rotatable bonds is 7. The molecule has 4 amide bonds. The van der Waals surface area contributed by atoms with Crippen molar-refractivity contribution >= 4 is 23.6 Å². The highest BCUT2D eigenvalue weighted by molar-refractivity contribution is 6.07. The van der Waals surface area contributed by atoms with Crippen molar-refractivity contribution in [2.45, 2.75) is 38.5 Å². The minimum atomic E-state index is -0.107. The molecule has 6 aliphatic rings. The van der Waals surface area contributed by atoms with Crippen molar-refractivity contribution in [3.8, 4) is 0 Å². The number of amides is 4. The first-order valence-electron chi connectivity index (χ1n) is 11.6. The normalized spacial score (nSPS) is 42.4. The highest BCUT2D eigenvalue weighted by Crippen LogP contribution is 2.53. The molecule has 2 aliphatic heterocycles. The minimum absolute atomic E-state index is 0.0323. The maximum absolute atomic E-state index is 12.7. The predicted molar refractivity (Wildman–Crippen MR) is 107 cm³/mol. The van der Waals surface area contributed by atoms with Crippen LogP contribution in [-0.2, 0) is 19.2 Å². The topological polar surface area (TPSA) is 74.8 Å². The molecule has 0 N–H and O–H groups in total. The molecule has 6 nitrogen and oxygen atoms in total. The monoisotopic (exact) mass is 408 g/mol. The summed E-state index contributed by atoms with van der Waals surface area (Å²) in [6, 6.07) is 0. The first kappa shape index (κ1) is 18.5. The summed E-state index contributed by atoms with van der Waals surface area (Å²) >= 11 is 0. The van der Waals surface area contributed by atoms with Gasteiger partial charge in [-0.2, -0.15) is 0 Å². The van der Waals surface area contributed by atoms with Crippen molar-refractivity contribution < 1.29 is 19.2 Å². The Morgan fingerprint density at radius 3 is 1.13 bits per heavy atom. The molecule has 6 heteroatoms. The van der Waals surface area contributed by atoms with Crippen LogP contribution in [0, 0.1) is 47.3 Å². The van der Waals surface area contributed by atoms with Crippen LogP contribution in [0.4, 0.5) is 0 Å². The van der Waals surface area contributed by atoms with Crippen molar-refractivity contribution in [3.63, 3.8) is 0 Å². The van der Waals surface area contributed by atoms with Crippen LogP contribution in [0.2, 0.25) is 0 Å². The van der Waals surface area contributed by atoms with Gasteiger partial charge in [0, 0.05) is 13.1 Å². The molecule has 2 heterocycles. The molecule has 8 atom stereocenters. The molecule has 0 spiro atoms. The van der Waals surface area contributed by atoms with Crippen LogP contribution < -0.4 is 0 Å². The first-order chi connectivity index (χ1) is 14.6. The third-order valence-electron chi connectivity index (χ3n) is 8.64. The number of likely N-dealkylation sites (tertiary alicyclic amines) is 2. The highest BCUT2D eigenvalue weighted by atomic mass is 16.2. The van der Waals surface area contributed by atoms with Gasteiger partial charge in [0.25, 0.3) is 0 Å². The molecular formula is C24H28N2O4. The summed E-state index contributed by atoms with van der Waals surface area (Å²) < 4.78 is 0. The lowest BCUT2D eigenvalue weighted by Crippen LogP contribution is -2.34. The molecule has 4 fully saturated rings. The minimum Gasteiger partial charge on any atom is -0.282 e. The number of imide groups is 2. The van der Waals surface area contributed by atoms with Crippen LogP contribution in [0.15, 0.2) is 24.3 Å². The molecule has 4 bridgehead atoms. The molecule has 158 valence electrons. The quantitative estimate of drug-likeness (QED) is 0.368. The van der Waals surface area contributed by atoms with E-state index in [1.807, 2.05) is 0 Å². The van der Waals surface area contributed by atoms with Crippen LogP contribution in [0.3, 0.4) is 0 Å². The van der Waals surface area contributed by atoms with Crippen molar-refractivity contribution in [2.24, 2.45) is 47.3 Å². The Morgan fingerprint density at radius 2 is 0.833 bits per heavy atom. The van der Waals surface area contributed by atoms with Crippen LogP contribution in [0.5, 0.6) is 0 Å². The smallest absolute Gasteiger partial charge is 0.233 e. The van der Waals surface area contributed by atoms with Gasteiger partial charge in [0.2, 0.25) is 23.6 Å². The summed E-state index contributed by atoms with van der Waals surface area (Å²) in [7, 11) is 0. The number of hydrogen-bond acceptors (Lipinski definition) is 4. The van der Waals surface area contributed by atoms with Crippen molar-refractivity contribution in [1.82, 2.24) is 9.80 Å². The van der Waals surface area contributed by atoms with E-state index in [0.29, 0.717) is 13.1 Å². The average molecular weight is 408 g/mol. The van der Waals surface area contributed by atoms with Crippen LogP contribution in [0.1, 0.15) is 38.5 Å². The molecule has 0 aromatic heterocycles. The third-order valence-corrected chi connectivity index (χ3v) is 8.64. The second-order valence-electron chi connectivity index (χ2n) is 10.1. The van der Waals surface area contributed by atoms with Crippen molar-refractivity contribution in [1.29, 1.82) is 0 Å². The van der Waals surface area contributed by atoms with Crippen LogP contribution in [0.25, 0.3) is 0 Å². The zero-order chi connectivity index (χ0) is 20.6. The van der Waals surface area contributed by atoms with Gasteiger partial charge in [-0.05, 0) is 49.4 Å². The van der Waals surface area contributed by atoms with Gasteiger partial charge >= 0.3 is 0 Å². The van der Waals surface area contributed by atoms with Gasteiger partial charge in [-0.3, -0.25) is 29.0 Å². The lowest BCUT2D eigenvalue weighted by Gasteiger charge is -2.18. The molecule has 2 saturated heterocycles. The average Bonchev–Trinajstić information content (AvgIpc) is 3.56. The maximum Gasteiger partial charge on any atom is 0.233 e. The molecule has 0 aromatic rings. The standard InChI is InChI=1S/C24H28N2O4/c27-21-17-13-5-6-14(11-13)18(17)22(28)25(21)9-3-1-2-4-10-26-23(29)19-15-7-8-16(12-15)20(19)24(26)30/h5-8,13-20H,1-4,9-12H2/t13-,14-,15+,16+,17-,18-,19-,20+/m1/s1. The van der Waals surface area contributed by atoms with Crippen LogP contribution >= 0.6 is 0 Å². The SMILES string of the molecule is O=C1[C@@H]2[C@H](C(=O)N1CCCCCCN1C(=O)[C@H]3[C@H](C1=O)[C@@H]1C=C[C@@H]3C1)[C@H]1C=C[C@H]2C1. The Bertz CT molecular complexity index is 760. The van der Waals surface area contributed by atoms with E-state index in [-0.39, 0.29) is 71.0 Å². The van der Waals surface area contributed by atoms with Gasteiger partial charge in [0.15, 0.2) is 0 Å². The van der Waals surface area contributed by atoms with E-state index >= 15 is 0 Å². The number of hydrogen-bond donors (Lipinski definition) is 0. The Hall–Kier alpha value is -2.24. The van der Waals surface area contributed by atoms with Crippen molar-refractivity contribution in [3.05, 3.63) is 24.3 Å². The zero-order valence-electron chi connectivity index (χ0n) is 17.1. The summed E-state index contributed by atoms with van der Waals surface area (Å²) in [6.45, 7) is 1.01. The fourth-order valence-electron chi connectivity index (χ4n) is 7.26. The highest BCUT2D eigenvalue weighted by Gasteiger charge is 2.60. The Labute approximate surface area is 176 Å². The number of nitrogens with zero attached hydrogens (tertiary/aromatic N) is 2. The van der Waals surface area contributed by atoms with Crippen LogP contribution in [-0.4, -0.2) is 46.5 Å². The third kappa shape index (κ3) is 2.42. The summed E-state index contributed by atoms with van der Waals surface area (Å²) in [5.74, 6) is 0.762. The second kappa shape index (κ2) is 6.63. The molecule has 6 rings (SSSR count). The molecular weight excluding hydrogens is 380 g/mol. The van der Waals surface area contributed by atoms with Gasteiger partial charge in [-0.25, -0.2) is 0 Å². The number of carbonyl (C=O) groups is 4. The van der Waals surface area contributed by atoms with Gasteiger partial charge in [-0.15, -0.1) is 0 Å². The lowest BCUT2D eigenvalue weighted by molar-refractivity contribution is -0.142. The molecule has 30 heavy (non-hydrogen) atoms. The molecule has 0 unspecified atom stereocenters. The number of fused-ring (bicyclic) bond motifs is 10. The zero-order valence-corrected chi connectivity index (χ0v) is 17.1. The van der Waals surface area contributed by atoms with Crippen molar-refractivity contribution in [2.75, 3.05) is 13.1 Å². The molecule has 0 radical (unpaired) electrons. The van der Waals surface area contributed by atoms with Gasteiger partial charge < -0.3 is 0 Å². The van der Waals surface area contributed by atoms with E-state index in [2.05, 4.69) is 24.3 Å². The summed E-state index contributed by atoms with van der Waals surface area (Å²) in [6.07, 6.45) is 13.8. The number of carbonyl (C=O) groups excluding carboxylic acids is 4. The maximum atomic E-state index is 12.7. The predicted octanol–water partition coefficient (Wildman–Crippen LogP) is 2.16. The fourth-order valence-corrected chi connectivity index (χ4v) is 7.26. The van der Waals surface area contributed by atoms with E-state index in [0.717, 1.165) is 38.5 Å². The van der Waals surface area contributed by atoms with E-state index in [1.165, 1.54) is 9.80 Å². The Kier molecular flexibility index (Phi) is 4.09. The largest absolute Gasteiger partial charge is 0.282 e. The second-order valence-corrected chi connectivity index (χ2v) is 10.1. The van der Waals surface area contributed by atoms with E-state index in [1.54, 1.807) is 0 Å². The Morgan fingerprint density at radius 1 is 0.533 bits per heavy atom. The summed E-state index contributed by atoms with van der Waals surface area (Å²) in [5, 5.41) is 0. The number of allylic oxidation sites excluding steroid dienone is 4. The van der Waals surface area contributed by atoms with Gasteiger partial charge in [-0.1, -0.05) is 37.1 Å². The number of unbranched alkanes of at least 4 members (excludes halogenated alkanes) is 3. The molecule has 0 aromatic carbocycles. The summed E-state index contributed by atoms with van der Waals surface area (Å²) in [5.41, 5.74) is 0.